The van der Waals surface area contributed by atoms with Crippen LogP contribution in [0.1, 0.15) is 13.8 Å². The van der Waals surface area contributed by atoms with Crippen molar-refractivity contribution in [3.8, 4) is 0 Å². The van der Waals surface area contributed by atoms with Crippen LogP contribution in [0.15, 0.2) is 91.0 Å². The average molecular weight is 355 g/mol. The lowest BCUT2D eigenvalue weighted by Crippen LogP contribution is -3.00. The van der Waals surface area contributed by atoms with Gasteiger partial charge in [-0.1, -0.05) is 68.4 Å². The fourth-order valence-electron chi connectivity index (χ4n) is 3.36. The Morgan fingerprint density at radius 2 is 0.875 bits per heavy atom. The van der Waals surface area contributed by atoms with Gasteiger partial charge in [-0.25, -0.2) is 0 Å². The number of halogens is 1. The second-order valence-corrected chi connectivity index (χ2v) is 9.93. The third-order valence-corrected chi connectivity index (χ3v) is 9.05. The van der Waals surface area contributed by atoms with Crippen LogP contribution in [0.2, 0.25) is 0 Å². The van der Waals surface area contributed by atoms with E-state index in [-0.39, 0.29) is 12.4 Å². The Morgan fingerprint density at radius 3 is 1.12 bits per heavy atom. The molecule has 3 aromatic carbocycles. The van der Waals surface area contributed by atoms with Crippen molar-refractivity contribution in [2.45, 2.75) is 13.8 Å². The summed E-state index contributed by atoms with van der Waals surface area (Å²) in [6, 6.07) is 33.3. The van der Waals surface area contributed by atoms with Crippen LogP contribution in [0.3, 0.4) is 0 Å². The smallest absolute Gasteiger partial charge is 0.112 e. The first kappa shape index (κ1) is 18.7. The second-order valence-electron chi connectivity index (χ2n) is 6.39. The minimum Gasteiger partial charge on any atom is -1.00 e. The van der Waals surface area contributed by atoms with Crippen LogP contribution >= 0.6 is 7.26 Å². The summed E-state index contributed by atoms with van der Waals surface area (Å²) < 4.78 is 0. The third kappa shape index (κ3) is 3.72. The highest BCUT2D eigenvalue weighted by Gasteiger charge is 2.45. The Hall–Kier alpha value is -1.62. The Morgan fingerprint density at radius 1 is 0.583 bits per heavy atom. The van der Waals surface area contributed by atoms with E-state index in [1.54, 1.807) is 0 Å². The van der Waals surface area contributed by atoms with Crippen molar-refractivity contribution < 1.29 is 12.4 Å². The predicted octanol–water partition coefficient (Wildman–Crippen LogP) is 1.64. The Balaban J connectivity index is 0.00000208. The van der Waals surface area contributed by atoms with E-state index in [9.17, 15) is 0 Å². The van der Waals surface area contributed by atoms with Crippen molar-refractivity contribution in [2.24, 2.45) is 5.92 Å². The molecule has 0 aliphatic rings. The molecule has 0 nitrogen and oxygen atoms in total. The van der Waals surface area contributed by atoms with Crippen LogP contribution in [-0.4, -0.2) is 6.16 Å². The number of rotatable bonds is 5. The van der Waals surface area contributed by atoms with E-state index in [2.05, 4.69) is 105 Å². The molecule has 0 atom stereocenters. The summed E-state index contributed by atoms with van der Waals surface area (Å²) in [4.78, 5) is 0. The van der Waals surface area contributed by atoms with E-state index in [0.717, 1.165) is 0 Å². The van der Waals surface area contributed by atoms with Gasteiger partial charge in [0.1, 0.15) is 23.2 Å². The molecule has 0 amide bonds. The lowest BCUT2D eigenvalue weighted by Gasteiger charge is -2.29. The molecule has 0 fully saturated rings. The van der Waals surface area contributed by atoms with E-state index < -0.39 is 7.26 Å². The molecule has 124 valence electrons. The lowest BCUT2D eigenvalue weighted by molar-refractivity contribution is -0.00000471. The van der Waals surface area contributed by atoms with E-state index in [0.29, 0.717) is 5.92 Å². The summed E-state index contributed by atoms with van der Waals surface area (Å²) in [5.74, 6) is 0.643. The molecule has 0 saturated heterocycles. The highest BCUT2D eigenvalue weighted by molar-refractivity contribution is 7.95. The molecule has 0 radical (unpaired) electrons. The third-order valence-electron chi connectivity index (χ3n) is 4.23. The monoisotopic (exact) mass is 354 g/mol. The lowest BCUT2D eigenvalue weighted by atomic mass is 10.3. The Bertz CT molecular complexity index is 627. The summed E-state index contributed by atoms with van der Waals surface area (Å²) >= 11 is 0. The van der Waals surface area contributed by atoms with Crippen LogP contribution in [0.25, 0.3) is 0 Å². The van der Waals surface area contributed by atoms with Gasteiger partial charge in [0.2, 0.25) is 0 Å². The Kier molecular flexibility index (Phi) is 6.60. The fourth-order valence-corrected chi connectivity index (χ4v) is 8.02. The maximum atomic E-state index is 2.34. The first-order valence-electron chi connectivity index (χ1n) is 8.28. The van der Waals surface area contributed by atoms with Crippen LogP contribution in [0.4, 0.5) is 0 Å². The van der Waals surface area contributed by atoms with Gasteiger partial charge in [-0.05, 0) is 42.3 Å². The maximum Gasteiger partial charge on any atom is 0.112 e. The van der Waals surface area contributed by atoms with Crippen molar-refractivity contribution in [1.82, 2.24) is 0 Å². The standard InChI is InChI=1S/C22H24P.ClH/c1-19(2)18-23(20-12-6-3-7-13-20,21-14-8-4-9-15-21)22-16-10-5-11-17-22;/h3-17,19H,18H2,1-2H3;1H/q+1;/p-1. The summed E-state index contributed by atoms with van der Waals surface area (Å²) in [7, 11) is -1.61. The van der Waals surface area contributed by atoms with Gasteiger partial charge in [0, 0.05) is 0 Å². The van der Waals surface area contributed by atoms with Gasteiger partial charge >= 0.3 is 0 Å². The predicted molar refractivity (Wildman–Crippen MR) is 105 cm³/mol. The van der Waals surface area contributed by atoms with Crippen LogP contribution < -0.4 is 28.3 Å². The van der Waals surface area contributed by atoms with Crippen molar-refractivity contribution in [3.63, 3.8) is 0 Å². The first-order chi connectivity index (χ1) is 11.2. The van der Waals surface area contributed by atoms with Crippen molar-refractivity contribution in [3.05, 3.63) is 91.0 Å². The van der Waals surface area contributed by atoms with E-state index >= 15 is 0 Å². The minimum atomic E-state index is -1.61. The summed E-state index contributed by atoms with van der Waals surface area (Å²) in [5, 5.41) is 4.43. The van der Waals surface area contributed by atoms with Gasteiger partial charge in [-0.15, -0.1) is 0 Å². The van der Waals surface area contributed by atoms with E-state index in [4.69, 9.17) is 0 Å². The number of hydrogen-bond acceptors (Lipinski definition) is 0. The second kappa shape index (κ2) is 8.47. The fraction of sp³-hybridized carbons (Fsp3) is 0.182. The molecule has 0 saturated carbocycles. The molecule has 0 aromatic heterocycles. The molecule has 3 aromatic rings. The van der Waals surface area contributed by atoms with E-state index in [1.807, 2.05) is 0 Å². The normalized spacial score (nSPS) is 11.1. The topological polar surface area (TPSA) is 0 Å². The molecule has 0 N–H and O–H groups in total. The largest absolute Gasteiger partial charge is 1.00 e. The zero-order chi connectivity index (χ0) is 16.1. The van der Waals surface area contributed by atoms with Crippen molar-refractivity contribution in [1.29, 1.82) is 0 Å². The number of hydrogen-bond donors (Lipinski definition) is 0. The van der Waals surface area contributed by atoms with Crippen LogP contribution in [0.5, 0.6) is 0 Å². The molecule has 0 heterocycles. The van der Waals surface area contributed by atoms with Crippen molar-refractivity contribution >= 4 is 23.2 Å². The summed E-state index contributed by atoms with van der Waals surface area (Å²) in [6.45, 7) is 4.67. The van der Waals surface area contributed by atoms with Crippen LogP contribution in [0, 0.1) is 5.92 Å². The van der Waals surface area contributed by atoms with E-state index in [1.165, 1.54) is 22.1 Å². The molecule has 0 aliphatic heterocycles. The highest BCUT2D eigenvalue weighted by Crippen LogP contribution is 2.56. The first-order valence-corrected chi connectivity index (χ1v) is 10.3. The molecule has 3 rings (SSSR count). The Labute approximate surface area is 152 Å². The van der Waals surface area contributed by atoms with Gasteiger partial charge in [0.05, 0.1) is 6.16 Å². The van der Waals surface area contributed by atoms with Gasteiger partial charge in [-0.2, -0.15) is 0 Å². The number of benzene rings is 3. The summed E-state index contributed by atoms with van der Waals surface area (Å²) in [6.07, 6.45) is 1.20. The summed E-state index contributed by atoms with van der Waals surface area (Å²) in [5.41, 5.74) is 0. The molecule has 24 heavy (non-hydrogen) atoms. The molecule has 0 aliphatic carbocycles. The van der Waals surface area contributed by atoms with Crippen molar-refractivity contribution in [2.75, 3.05) is 6.16 Å². The minimum absolute atomic E-state index is 0. The molecular weight excluding hydrogens is 331 g/mol. The highest BCUT2D eigenvalue weighted by atomic mass is 35.5. The average Bonchev–Trinajstić information content (AvgIpc) is 2.62. The molecule has 0 spiro atoms. The SMILES string of the molecule is CC(C)C[P+](c1ccccc1)(c1ccccc1)c1ccccc1.[Cl-]. The zero-order valence-electron chi connectivity index (χ0n) is 14.3. The van der Waals surface area contributed by atoms with Gasteiger partial charge in [-0.3, -0.25) is 0 Å². The zero-order valence-corrected chi connectivity index (χ0v) is 15.9. The van der Waals surface area contributed by atoms with Gasteiger partial charge in [0.15, 0.2) is 0 Å². The van der Waals surface area contributed by atoms with Gasteiger partial charge < -0.3 is 12.4 Å². The quantitative estimate of drug-likeness (QED) is 0.611. The molecule has 2 heteroatoms. The molecular formula is C22H24ClP. The maximum absolute atomic E-state index is 2.34. The molecule has 0 unspecified atom stereocenters. The molecule has 0 bridgehead atoms. The van der Waals surface area contributed by atoms with Gasteiger partial charge in [0.25, 0.3) is 0 Å². The van der Waals surface area contributed by atoms with Crippen LogP contribution in [-0.2, 0) is 0 Å².